The largest absolute Gasteiger partial charge is 0.451 e. The summed E-state index contributed by atoms with van der Waals surface area (Å²) in [6.07, 6.45) is 1.28. The average Bonchev–Trinajstić information content (AvgIpc) is 2.16. The predicted octanol–water partition coefficient (Wildman–Crippen LogP) is 2.45. The van der Waals surface area contributed by atoms with E-state index in [-0.39, 0.29) is 0 Å². The van der Waals surface area contributed by atoms with Gasteiger partial charge in [-0.1, -0.05) is 13.8 Å². The van der Waals surface area contributed by atoms with Gasteiger partial charge in [-0.3, -0.25) is 0 Å². The van der Waals surface area contributed by atoms with Gasteiger partial charge in [0.15, 0.2) is 0 Å². The van der Waals surface area contributed by atoms with Crippen molar-refractivity contribution in [2.24, 2.45) is 0 Å². The molecule has 0 rings (SSSR count). The SMILES string of the molecule is CCC(C)(C)OC(=O)C(=O)OC(C)(C)CC. The van der Waals surface area contributed by atoms with Crippen molar-refractivity contribution in [1.29, 1.82) is 0 Å². The lowest BCUT2D eigenvalue weighted by molar-refractivity contribution is -0.182. The van der Waals surface area contributed by atoms with E-state index in [1.807, 2.05) is 13.8 Å². The van der Waals surface area contributed by atoms with Gasteiger partial charge in [-0.05, 0) is 40.5 Å². The van der Waals surface area contributed by atoms with Crippen LogP contribution < -0.4 is 0 Å². The molecule has 0 amide bonds. The van der Waals surface area contributed by atoms with Crippen molar-refractivity contribution in [1.82, 2.24) is 0 Å². The van der Waals surface area contributed by atoms with Crippen molar-refractivity contribution in [2.45, 2.75) is 65.6 Å². The molecule has 16 heavy (non-hydrogen) atoms. The number of esters is 2. The van der Waals surface area contributed by atoms with Crippen LogP contribution in [0.2, 0.25) is 0 Å². The molecule has 0 heterocycles. The highest BCUT2D eigenvalue weighted by molar-refractivity contribution is 6.29. The maximum Gasteiger partial charge on any atom is 0.418 e. The van der Waals surface area contributed by atoms with Crippen LogP contribution in [-0.4, -0.2) is 23.1 Å². The van der Waals surface area contributed by atoms with E-state index in [4.69, 9.17) is 9.47 Å². The second kappa shape index (κ2) is 5.32. The minimum absolute atomic E-state index is 0.632. The van der Waals surface area contributed by atoms with Crippen molar-refractivity contribution in [2.75, 3.05) is 0 Å². The molecule has 0 aliphatic heterocycles. The highest BCUT2D eigenvalue weighted by Crippen LogP contribution is 2.17. The summed E-state index contributed by atoms with van der Waals surface area (Å²) in [5, 5.41) is 0. The normalized spacial score (nSPS) is 12.1. The molecule has 0 atom stereocenters. The number of hydrogen-bond acceptors (Lipinski definition) is 4. The van der Waals surface area contributed by atoms with Gasteiger partial charge < -0.3 is 9.47 Å². The number of ether oxygens (including phenoxy) is 2. The first-order valence-corrected chi connectivity index (χ1v) is 5.60. The fourth-order valence-electron chi connectivity index (χ4n) is 0.730. The molecule has 0 radical (unpaired) electrons. The summed E-state index contributed by atoms with van der Waals surface area (Å²) in [4.78, 5) is 22.8. The van der Waals surface area contributed by atoms with Crippen molar-refractivity contribution in [3.8, 4) is 0 Å². The zero-order valence-corrected chi connectivity index (χ0v) is 11.0. The highest BCUT2D eigenvalue weighted by Gasteiger charge is 2.30. The Morgan fingerprint density at radius 1 is 0.812 bits per heavy atom. The maximum atomic E-state index is 11.4. The molecule has 0 aromatic heterocycles. The summed E-state index contributed by atoms with van der Waals surface area (Å²) in [5.74, 6) is -1.85. The highest BCUT2D eigenvalue weighted by atomic mass is 16.6. The third-order valence-corrected chi connectivity index (χ3v) is 2.61. The van der Waals surface area contributed by atoms with Crippen LogP contribution in [0.25, 0.3) is 0 Å². The molecule has 0 aromatic rings. The Morgan fingerprint density at radius 2 is 1.06 bits per heavy atom. The van der Waals surface area contributed by atoms with Gasteiger partial charge >= 0.3 is 11.9 Å². The predicted molar refractivity (Wildman–Crippen MR) is 60.9 cm³/mol. The monoisotopic (exact) mass is 230 g/mol. The number of hydrogen-bond donors (Lipinski definition) is 0. The number of rotatable bonds is 4. The fourth-order valence-corrected chi connectivity index (χ4v) is 0.730. The van der Waals surface area contributed by atoms with Crippen molar-refractivity contribution < 1.29 is 19.1 Å². The maximum absolute atomic E-state index is 11.4. The van der Waals surface area contributed by atoms with Crippen LogP contribution in [0.1, 0.15) is 54.4 Å². The summed E-state index contributed by atoms with van der Waals surface area (Å²) in [5.41, 5.74) is -1.26. The van der Waals surface area contributed by atoms with E-state index < -0.39 is 23.1 Å². The number of carbonyl (C=O) groups is 2. The van der Waals surface area contributed by atoms with E-state index >= 15 is 0 Å². The van der Waals surface area contributed by atoms with Crippen LogP contribution in [0.4, 0.5) is 0 Å². The van der Waals surface area contributed by atoms with Crippen LogP contribution in [0.3, 0.4) is 0 Å². The van der Waals surface area contributed by atoms with Crippen molar-refractivity contribution >= 4 is 11.9 Å². The van der Waals surface area contributed by atoms with Gasteiger partial charge in [0, 0.05) is 0 Å². The average molecular weight is 230 g/mol. The Labute approximate surface area is 97.3 Å². The smallest absolute Gasteiger partial charge is 0.418 e. The molecular weight excluding hydrogens is 208 g/mol. The lowest BCUT2D eigenvalue weighted by Crippen LogP contribution is -2.36. The first-order valence-electron chi connectivity index (χ1n) is 5.60. The molecular formula is C12H22O4. The van der Waals surface area contributed by atoms with Gasteiger partial charge in [-0.25, -0.2) is 9.59 Å². The van der Waals surface area contributed by atoms with Gasteiger partial charge in [-0.2, -0.15) is 0 Å². The van der Waals surface area contributed by atoms with Crippen LogP contribution in [0.15, 0.2) is 0 Å². The Bertz CT molecular complexity index is 238. The molecule has 0 aromatic carbocycles. The lowest BCUT2D eigenvalue weighted by atomic mass is 10.1. The van der Waals surface area contributed by atoms with Gasteiger partial charge in [0.1, 0.15) is 11.2 Å². The summed E-state index contributed by atoms with van der Waals surface area (Å²) < 4.78 is 10.1. The molecule has 0 aliphatic rings. The van der Waals surface area contributed by atoms with E-state index in [2.05, 4.69) is 0 Å². The standard InChI is InChI=1S/C12H22O4/c1-7-11(3,4)15-9(13)10(14)16-12(5,6)8-2/h7-8H2,1-6H3. The quantitative estimate of drug-likeness (QED) is 0.550. The minimum Gasteiger partial charge on any atom is -0.451 e. The van der Waals surface area contributed by atoms with Crippen molar-refractivity contribution in [3.05, 3.63) is 0 Å². The summed E-state index contributed by atoms with van der Waals surface area (Å²) in [6, 6.07) is 0. The third-order valence-electron chi connectivity index (χ3n) is 2.61. The zero-order valence-electron chi connectivity index (χ0n) is 11.0. The van der Waals surface area contributed by atoms with E-state index in [1.165, 1.54) is 0 Å². The van der Waals surface area contributed by atoms with E-state index in [1.54, 1.807) is 27.7 Å². The summed E-state index contributed by atoms with van der Waals surface area (Å²) >= 11 is 0. The first kappa shape index (κ1) is 14.9. The van der Waals surface area contributed by atoms with Crippen LogP contribution in [0.5, 0.6) is 0 Å². The Morgan fingerprint density at radius 3 is 1.25 bits per heavy atom. The van der Waals surface area contributed by atoms with E-state index in [9.17, 15) is 9.59 Å². The molecule has 4 nitrogen and oxygen atoms in total. The second-order valence-electron chi connectivity index (χ2n) is 5.01. The molecule has 4 heteroatoms. The van der Waals surface area contributed by atoms with Crippen LogP contribution >= 0.6 is 0 Å². The molecule has 0 saturated carbocycles. The van der Waals surface area contributed by atoms with Crippen LogP contribution in [0, 0.1) is 0 Å². The van der Waals surface area contributed by atoms with Gasteiger partial charge in [-0.15, -0.1) is 0 Å². The fraction of sp³-hybridized carbons (Fsp3) is 0.833. The Balaban J connectivity index is 4.37. The topological polar surface area (TPSA) is 52.6 Å². The Kier molecular flexibility index (Phi) is 4.97. The molecule has 0 N–H and O–H groups in total. The first-order chi connectivity index (χ1) is 7.13. The van der Waals surface area contributed by atoms with Crippen LogP contribution in [-0.2, 0) is 19.1 Å². The van der Waals surface area contributed by atoms with Gasteiger partial charge in [0.05, 0.1) is 0 Å². The third kappa shape index (κ3) is 5.14. The van der Waals surface area contributed by atoms with E-state index in [0.717, 1.165) is 0 Å². The number of carbonyl (C=O) groups excluding carboxylic acids is 2. The summed E-state index contributed by atoms with van der Waals surface area (Å²) in [6.45, 7) is 10.8. The van der Waals surface area contributed by atoms with Crippen molar-refractivity contribution in [3.63, 3.8) is 0 Å². The molecule has 94 valence electrons. The van der Waals surface area contributed by atoms with Gasteiger partial charge in [0.25, 0.3) is 0 Å². The molecule has 0 spiro atoms. The minimum atomic E-state index is -0.923. The lowest BCUT2D eigenvalue weighted by Gasteiger charge is -2.25. The molecule has 0 unspecified atom stereocenters. The summed E-state index contributed by atoms with van der Waals surface area (Å²) in [7, 11) is 0. The molecule has 0 fully saturated rings. The zero-order chi connectivity index (χ0) is 13.0. The molecule has 0 bridgehead atoms. The molecule has 0 aliphatic carbocycles. The molecule has 0 saturated heterocycles. The van der Waals surface area contributed by atoms with E-state index in [0.29, 0.717) is 12.8 Å². The second-order valence-corrected chi connectivity index (χ2v) is 5.01. The van der Waals surface area contributed by atoms with Gasteiger partial charge in [0.2, 0.25) is 0 Å². The Hall–Kier alpha value is -1.06.